The molecule has 0 unspecified atom stereocenters. The summed E-state index contributed by atoms with van der Waals surface area (Å²) >= 11 is 0. The second-order valence-corrected chi connectivity index (χ2v) is 7.52. The van der Waals surface area contributed by atoms with Gasteiger partial charge in [0, 0.05) is 12.1 Å². The van der Waals surface area contributed by atoms with E-state index >= 15 is 0 Å². The number of carbonyl (C=O) groups excluding carboxylic acids is 2. The van der Waals surface area contributed by atoms with Crippen LogP contribution in [0.4, 0.5) is 5.69 Å². The number of aryl methyl sites for hydroxylation is 1. The second-order valence-electron chi connectivity index (χ2n) is 7.52. The predicted octanol–water partition coefficient (Wildman–Crippen LogP) is 0.570. The minimum absolute atomic E-state index is 0.147. The van der Waals surface area contributed by atoms with Gasteiger partial charge in [0.2, 0.25) is 11.8 Å². The molecule has 1 saturated heterocycles. The van der Waals surface area contributed by atoms with E-state index in [0.717, 1.165) is 44.0 Å². The fraction of sp³-hybridized carbons (Fsp3) is 0.391. The summed E-state index contributed by atoms with van der Waals surface area (Å²) in [6.45, 7) is 4.77. The number of anilines is 1. The first-order valence-electron chi connectivity index (χ1n) is 10.5. The standard InChI is InChI=1S/C23H30N4O3/c1-30-21-10-7-19(8-11-21)9-12-22(28)24-25-23(29)13-14-26-15-17-27(18-16-26)20-5-3-2-4-6-20/h2-8,10-11H,9,12-18H2,1H3,(H,24,28)(H,25,29)/p+1. The molecule has 30 heavy (non-hydrogen) atoms. The topological polar surface area (TPSA) is 75.1 Å². The average Bonchev–Trinajstić information content (AvgIpc) is 2.81. The summed E-state index contributed by atoms with van der Waals surface area (Å²) in [6, 6.07) is 18.0. The molecule has 1 aliphatic heterocycles. The largest absolute Gasteiger partial charge is 0.497 e. The third-order valence-corrected chi connectivity index (χ3v) is 5.44. The molecule has 3 N–H and O–H groups in total. The Bertz CT molecular complexity index is 803. The van der Waals surface area contributed by atoms with Crippen molar-refractivity contribution in [1.82, 2.24) is 10.9 Å². The van der Waals surface area contributed by atoms with Gasteiger partial charge >= 0.3 is 0 Å². The lowest BCUT2D eigenvalue weighted by Gasteiger charge is -2.33. The number of benzene rings is 2. The van der Waals surface area contributed by atoms with Crippen LogP contribution in [0.25, 0.3) is 0 Å². The minimum atomic E-state index is -0.192. The lowest BCUT2D eigenvalue weighted by atomic mass is 10.1. The predicted molar refractivity (Wildman–Crippen MR) is 116 cm³/mol. The SMILES string of the molecule is COc1ccc(CCC(=O)NNC(=O)CC[NH+]2CCN(c3ccccc3)CC2)cc1. The van der Waals surface area contributed by atoms with E-state index in [0.29, 0.717) is 19.3 Å². The van der Waals surface area contributed by atoms with Crippen molar-refractivity contribution in [3.63, 3.8) is 0 Å². The molecule has 7 nitrogen and oxygen atoms in total. The molecule has 0 saturated carbocycles. The maximum absolute atomic E-state index is 12.1. The van der Waals surface area contributed by atoms with Crippen molar-refractivity contribution in [3.05, 3.63) is 60.2 Å². The number of quaternary nitrogens is 1. The number of carbonyl (C=O) groups is 2. The molecule has 0 aliphatic carbocycles. The van der Waals surface area contributed by atoms with Crippen molar-refractivity contribution in [3.8, 4) is 5.75 Å². The first-order valence-corrected chi connectivity index (χ1v) is 10.5. The quantitative estimate of drug-likeness (QED) is 0.556. The van der Waals surface area contributed by atoms with Crippen molar-refractivity contribution < 1.29 is 19.2 Å². The summed E-state index contributed by atoms with van der Waals surface area (Å²) in [5, 5.41) is 0. The van der Waals surface area contributed by atoms with Gasteiger partial charge in [-0.05, 0) is 36.2 Å². The first-order chi connectivity index (χ1) is 14.6. The maximum Gasteiger partial charge on any atom is 0.244 e. The van der Waals surface area contributed by atoms with Crippen molar-refractivity contribution in [2.45, 2.75) is 19.3 Å². The van der Waals surface area contributed by atoms with Gasteiger partial charge in [-0.2, -0.15) is 0 Å². The van der Waals surface area contributed by atoms with Gasteiger partial charge in [-0.15, -0.1) is 0 Å². The lowest BCUT2D eigenvalue weighted by Crippen LogP contribution is -3.15. The summed E-state index contributed by atoms with van der Waals surface area (Å²) in [7, 11) is 1.62. The molecule has 0 aromatic heterocycles. The number of methoxy groups -OCH3 is 1. The smallest absolute Gasteiger partial charge is 0.244 e. The molecule has 0 spiro atoms. The average molecular weight is 412 g/mol. The zero-order valence-electron chi connectivity index (χ0n) is 17.5. The van der Waals surface area contributed by atoms with Crippen LogP contribution in [0, 0.1) is 0 Å². The van der Waals surface area contributed by atoms with E-state index in [9.17, 15) is 9.59 Å². The Labute approximate surface area is 178 Å². The van der Waals surface area contributed by atoms with Crippen molar-refractivity contribution in [2.24, 2.45) is 0 Å². The molecule has 1 heterocycles. The second kappa shape index (κ2) is 11.2. The molecule has 2 aromatic rings. The highest BCUT2D eigenvalue weighted by Gasteiger charge is 2.20. The van der Waals surface area contributed by atoms with E-state index < -0.39 is 0 Å². The van der Waals surface area contributed by atoms with Crippen LogP contribution in [-0.4, -0.2) is 51.6 Å². The van der Waals surface area contributed by atoms with Crippen LogP contribution in [0.3, 0.4) is 0 Å². The van der Waals surface area contributed by atoms with Gasteiger partial charge < -0.3 is 14.5 Å². The normalized spacial score (nSPS) is 14.2. The van der Waals surface area contributed by atoms with E-state index in [4.69, 9.17) is 4.74 Å². The monoisotopic (exact) mass is 411 g/mol. The van der Waals surface area contributed by atoms with E-state index in [-0.39, 0.29) is 11.8 Å². The Morgan fingerprint density at radius 2 is 1.57 bits per heavy atom. The third-order valence-electron chi connectivity index (χ3n) is 5.44. The molecule has 0 atom stereocenters. The number of hydrogen-bond donors (Lipinski definition) is 3. The van der Waals surface area contributed by atoms with Crippen molar-refractivity contribution in [2.75, 3.05) is 44.7 Å². The number of para-hydroxylation sites is 1. The van der Waals surface area contributed by atoms with Gasteiger partial charge in [-0.1, -0.05) is 30.3 Å². The molecule has 2 amide bonds. The van der Waals surface area contributed by atoms with Crippen LogP contribution in [0.2, 0.25) is 0 Å². The minimum Gasteiger partial charge on any atom is -0.497 e. The molecule has 1 aliphatic rings. The summed E-state index contributed by atoms with van der Waals surface area (Å²) in [5.74, 6) is 0.452. The third kappa shape index (κ3) is 6.77. The fourth-order valence-corrected chi connectivity index (χ4v) is 3.57. The van der Waals surface area contributed by atoms with Gasteiger partial charge in [-0.25, -0.2) is 0 Å². The highest BCUT2D eigenvalue weighted by Crippen LogP contribution is 2.13. The number of hydrazine groups is 1. The van der Waals surface area contributed by atoms with E-state index in [2.05, 4.69) is 40.0 Å². The Kier molecular flexibility index (Phi) is 8.09. The lowest BCUT2D eigenvalue weighted by molar-refractivity contribution is -0.900. The van der Waals surface area contributed by atoms with Crippen LogP contribution < -0.4 is 25.4 Å². The summed E-state index contributed by atoms with van der Waals surface area (Å²) in [6.07, 6.45) is 1.33. The van der Waals surface area contributed by atoms with Gasteiger partial charge in [0.1, 0.15) is 5.75 Å². The Balaban J connectivity index is 1.28. The summed E-state index contributed by atoms with van der Waals surface area (Å²) in [5.41, 5.74) is 7.35. The number of rotatable bonds is 8. The van der Waals surface area contributed by atoms with Crippen LogP contribution in [-0.2, 0) is 16.0 Å². The van der Waals surface area contributed by atoms with E-state index in [1.165, 1.54) is 10.6 Å². The zero-order chi connectivity index (χ0) is 21.2. The molecular formula is C23H31N4O3+. The van der Waals surface area contributed by atoms with Crippen molar-refractivity contribution in [1.29, 1.82) is 0 Å². The Hall–Kier alpha value is -3.06. The molecule has 7 heteroatoms. The van der Waals surface area contributed by atoms with Gasteiger partial charge in [0.05, 0.1) is 46.3 Å². The van der Waals surface area contributed by atoms with Crippen LogP contribution in [0.15, 0.2) is 54.6 Å². The summed E-state index contributed by atoms with van der Waals surface area (Å²) < 4.78 is 5.12. The molecule has 160 valence electrons. The highest BCUT2D eigenvalue weighted by atomic mass is 16.5. The number of amides is 2. The van der Waals surface area contributed by atoms with Crippen LogP contribution in [0.1, 0.15) is 18.4 Å². The van der Waals surface area contributed by atoms with Crippen LogP contribution >= 0.6 is 0 Å². The molecule has 1 fully saturated rings. The van der Waals surface area contributed by atoms with Gasteiger partial charge in [-0.3, -0.25) is 20.4 Å². The van der Waals surface area contributed by atoms with Crippen LogP contribution in [0.5, 0.6) is 5.75 Å². The number of nitrogens with one attached hydrogen (secondary N) is 3. The maximum atomic E-state index is 12.1. The first kappa shape index (κ1) is 21.6. The molecule has 0 bridgehead atoms. The molecule has 3 rings (SSSR count). The molecular weight excluding hydrogens is 380 g/mol. The number of nitrogens with zero attached hydrogens (tertiary/aromatic N) is 1. The van der Waals surface area contributed by atoms with E-state index in [1.807, 2.05) is 30.3 Å². The number of piperazine rings is 1. The van der Waals surface area contributed by atoms with Gasteiger partial charge in [0.15, 0.2) is 0 Å². The Morgan fingerprint density at radius 1 is 0.933 bits per heavy atom. The molecule has 0 radical (unpaired) electrons. The molecule has 2 aromatic carbocycles. The Morgan fingerprint density at radius 3 is 2.20 bits per heavy atom. The van der Waals surface area contributed by atoms with E-state index in [1.54, 1.807) is 7.11 Å². The van der Waals surface area contributed by atoms with Crippen molar-refractivity contribution >= 4 is 17.5 Å². The summed E-state index contributed by atoms with van der Waals surface area (Å²) in [4.78, 5) is 27.8. The number of ether oxygens (including phenoxy) is 1. The zero-order valence-corrected chi connectivity index (χ0v) is 17.5. The number of hydrogen-bond acceptors (Lipinski definition) is 4. The van der Waals surface area contributed by atoms with Gasteiger partial charge in [0.25, 0.3) is 0 Å². The highest BCUT2D eigenvalue weighted by molar-refractivity contribution is 5.82. The fourth-order valence-electron chi connectivity index (χ4n) is 3.57.